The Hall–Kier alpha value is -2.26. The molecule has 1 aromatic heterocycles. The number of nitro benzene ring substituents is 1. The summed E-state index contributed by atoms with van der Waals surface area (Å²) >= 11 is 0. The van der Waals surface area contributed by atoms with E-state index in [1.807, 2.05) is 0 Å². The Labute approximate surface area is 100 Å². The molecule has 0 fully saturated rings. The number of fused-ring (bicyclic) bond motifs is 1. The van der Waals surface area contributed by atoms with Crippen molar-refractivity contribution in [2.45, 2.75) is 5.03 Å². The third-order valence-corrected chi connectivity index (χ3v) is 3.00. The summed E-state index contributed by atoms with van der Waals surface area (Å²) in [6.07, 6.45) is 0. The molecule has 1 heterocycles. The van der Waals surface area contributed by atoms with Crippen molar-refractivity contribution in [2.75, 3.05) is 0 Å². The van der Waals surface area contributed by atoms with Crippen LogP contribution in [0.5, 0.6) is 5.75 Å². The summed E-state index contributed by atoms with van der Waals surface area (Å²) in [4.78, 5) is 13.5. The average Bonchev–Trinajstić information content (AvgIpc) is 2.27. The Morgan fingerprint density at radius 3 is 2.44 bits per heavy atom. The van der Waals surface area contributed by atoms with Gasteiger partial charge in [0.1, 0.15) is 11.3 Å². The van der Waals surface area contributed by atoms with E-state index >= 15 is 0 Å². The van der Waals surface area contributed by atoms with Gasteiger partial charge in [-0.3, -0.25) is 14.7 Å². The molecule has 9 heteroatoms. The van der Waals surface area contributed by atoms with Gasteiger partial charge in [-0.2, -0.15) is 8.42 Å². The van der Waals surface area contributed by atoms with Crippen LogP contribution in [0.15, 0.2) is 29.3 Å². The zero-order chi connectivity index (χ0) is 13.5. The highest BCUT2D eigenvalue weighted by atomic mass is 32.2. The average molecular weight is 270 g/mol. The summed E-state index contributed by atoms with van der Waals surface area (Å²) in [5.41, 5.74) is -0.587. The lowest BCUT2D eigenvalue weighted by atomic mass is 10.1. The molecule has 0 aliphatic carbocycles. The molecule has 0 saturated carbocycles. The van der Waals surface area contributed by atoms with Gasteiger partial charge in [-0.15, -0.1) is 0 Å². The van der Waals surface area contributed by atoms with E-state index in [0.717, 1.165) is 24.3 Å². The molecule has 18 heavy (non-hydrogen) atoms. The highest BCUT2D eigenvalue weighted by molar-refractivity contribution is 7.85. The van der Waals surface area contributed by atoms with Gasteiger partial charge in [-0.1, -0.05) is 0 Å². The first-order valence-corrected chi connectivity index (χ1v) is 5.99. The lowest BCUT2D eigenvalue weighted by Crippen LogP contribution is -2.01. The molecule has 0 spiro atoms. The zero-order valence-electron chi connectivity index (χ0n) is 8.64. The molecule has 2 rings (SSSR count). The van der Waals surface area contributed by atoms with Crippen LogP contribution in [-0.4, -0.2) is 28.0 Å². The van der Waals surface area contributed by atoms with E-state index in [9.17, 15) is 23.6 Å². The molecule has 2 N–H and O–H groups in total. The fourth-order valence-electron chi connectivity index (χ4n) is 1.47. The predicted octanol–water partition coefficient (Wildman–Crippen LogP) is 1.10. The Bertz CT molecular complexity index is 755. The van der Waals surface area contributed by atoms with Crippen LogP contribution in [-0.2, 0) is 10.1 Å². The summed E-state index contributed by atoms with van der Waals surface area (Å²) in [7, 11) is -4.54. The van der Waals surface area contributed by atoms with Gasteiger partial charge in [0.25, 0.3) is 5.69 Å². The number of aromatic hydroxyl groups is 1. The first-order chi connectivity index (χ1) is 8.30. The number of phenols is 1. The van der Waals surface area contributed by atoms with Gasteiger partial charge >= 0.3 is 10.1 Å². The molecule has 0 atom stereocenters. The van der Waals surface area contributed by atoms with Crippen LogP contribution in [0.4, 0.5) is 5.69 Å². The van der Waals surface area contributed by atoms with Crippen LogP contribution in [0, 0.1) is 10.1 Å². The number of phenolic OH excluding ortho intramolecular Hbond substituents is 1. The molecule has 0 saturated heterocycles. The van der Waals surface area contributed by atoms with Gasteiger partial charge in [0.15, 0.2) is 5.03 Å². The van der Waals surface area contributed by atoms with Crippen molar-refractivity contribution < 1.29 is 23.0 Å². The molecule has 0 radical (unpaired) electrons. The lowest BCUT2D eigenvalue weighted by molar-refractivity contribution is -0.383. The number of pyridine rings is 1. The number of hydrogen-bond acceptors (Lipinski definition) is 6. The van der Waals surface area contributed by atoms with Crippen LogP contribution in [0.2, 0.25) is 0 Å². The Balaban J connectivity index is 2.87. The minimum atomic E-state index is -4.54. The maximum absolute atomic E-state index is 10.9. The fourth-order valence-corrected chi connectivity index (χ4v) is 1.92. The standard InChI is InChI=1S/C9H6N2O6S/c12-7-3-2-6(11(13)14)5-1-4-8(10-9(5)7)18(15,16)17/h1-4,12H,(H,15,16,17). The van der Waals surface area contributed by atoms with Gasteiger partial charge in [0, 0.05) is 6.07 Å². The van der Waals surface area contributed by atoms with Crippen LogP contribution in [0.1, 0.15) is 0 Å². The van der Waals surface area contributed by atoms with Crippen LogP contribution in [0.3, 0.4) is 0 Å². The second kappa shape index (κ2) is 3.89. The first kappa shape index (κ1) is 12.2. The quantitative estimate of drug-likeness (QED) is 0.474. The van der Waals surface area contributed by atoms with Gasteiger partial charge in [-0.05, 0) is 18.2 Å². The largest absolute Gasteiger partial charge is 0.506 e. The third kappa shape index (κ3) is 1.96. The molecule has 0 bridgehead atoms. The summed E-state index contributed by atoms with van der Waals surface area (Å²) in [5.74, 6) is -0.416. The number of nitro groups is 1. The van der Waals surface area contributed by atoms with Crippen molar-refractivity contribution in [1.82, 2.24) is 4.98 Å². The molecule has 8 nitrogen and oxygen atoms in total. The van der Waals surface area contributed by atoms with Crippen LogP contribution in [0.25, 0.3) is 10.9 Å². The molecular weight excluding hydrogens is 264 g/mol. The van der Waals surface area contributed by atoms with Gasteiger partial charge in [0.05, 0.1) is 10.3 Å². The van der Waals surface area contributed by atoms with E-state index in [1.54, 1.807) is 0 Å². The number of non-ortho nitro benzene ring substituents is 1. The number of benzene rings is 1. The van der Waals surface area contributed by atoms with Crippen LogP contribution >= 0.6 is 0 Å². The normalized spacial score (nSPS) is 11.6. The first-order valence-electron chi connectivity index (χ1n) is 4.55. The molecule has 0 aliphatic heterocycles. The maximum Gasteiger partial charge on any atom is 0.312 e. The Morgan fingerprint density at radius 1 is 1.22 bits per heavy atom. The number of aromatic nitrogens is 1. The monoisotopic (exact) mass is 270 g/mol. The summed E-state index contributed by atoms with van der Waals surface area (Å²) < 4.78 is 30.6. The molecule has 0 amide bonds. The Morgan fingerprint density at radius 2 is 1.89 bits per heavy atom. The van der Waals surface area contributed by atoms with Gasteiger partial charge in [0.2, 0.25) is 0 Å². The summed E-state index contributed by atoms with van der Waals surface area (Å²) in [6, 6.07) is 4.13. The van der Waals surface area contributed by atoms with Gasteiger partial charge < -0.3 is 5.11 Å². The molecule has 1 aromatic carbocycles. The van der Waals surface area contributed by atoms with Crippen molar-refractivity contribution in [2.24, 2.45) is 0 Å². The summed E-state index contributed by atoms with van der Waals surface area (Å²) in [5, 5.41) is 19.5. The fraction of sp³-hybridized carbons (Fsp3) is 0. The molecule has 94 valence electrons. The van der Waals surface area contributed by atoms with Gasteiger partial charge in [-0.25, -0.2) is 4.98 Å². The summed E-state index contributed by atoms with van der Waals surface area (Å²) in [6.45, 7) is 0. The van der Waals surface area contributed by atoms with E-state index in [4.69, 9.17) is 4.55 Å². The Kier molecular flexibility index (Phi) is 2.64. The van der Waals surface area contributed by atoms with Crippen LogP contribution < -0.4 is 0 Å². The lowest BCUT2D eigenvalue weighted by Gasteiger charge is -2.03. The molecular formula is C9H6N2O6S. The zero-order valence-corrected chi connectivity index (χ0v) is 9.46. The second-order valence-electron chi connectivity index (χ2n) is 3.38. The maximum atomic E-state index is 10.9. The number of rotatable bonds is 2. The number of hydrogen-bond donors (Lipinski definition) is 2. The van der Waals surface area contributed by atoms with Crippen molar-refractivity contribution in [3.63, 3.8) is 0 Å². The third-order valence-electron chi connectivity index (χ3n) is 2.25. The molecule has 0 unspecified atom stereocenters. The van der Waals surface area contributed by atoms with Crippen molar-refractivity contribution in [3.8, 4) is 5.75 Å². The molecule has 0 aliphatic rings. The van der Waals surface area contributed by atoms with E-state index in [1.165, 1.54) is 0 Å². The SMILES string of the molecule is O=[N+]([O-])c1ccc(O)c2nc(S(=O)(=O)O)ccc12. The minimum Gasteiger partial charge on any atom is -0.506 e. The van der Waals surface area contributed by atoms with Crippen molar-refractivity contribution in [3.05, 3.63) is 34.4 Å². The number of nitrogens with zero attached hydrogens (tertiary/aromatic N) is 2. The molecule has 2 aromatic rings. The van der Waals surface area contributed by atoms with Crippen molar-refractivity contribution in [1.29, 1.82) is 0 Å². The smallest absolute Gasteiger partial charge is 0.312 e. The highest BCUT2D eigenvalue weighted by Crippen LogP contribution is 2.31. The van der Waals surface area contributed by atoms with E-state index < -0.39 is 25.8 Å². The predicted molar refractivity (Wildman–Crippen MR) is 59.9 cm³/mol. The van der Waals surface area contributed by atoms with E-state index in [2.05, 4.69) is 4.98 Å². The van der Waals surface area contributed by atoms with E-state index in [-0.39, 0.29) is 16.6 Å². The van der Waals surface area contributed by atoms with E-state index in [0.29, 0.717) is 0 Å². The minimum absolute atomic E-state index is 0.0209. The topological polar surface area (TPSA) is 131 Å². The van der Waals surface area contributed by atoms with Crippen molar-refractivity contribution >= 4 is 26.7 Å². The highest BCUT2D eigenvalue weighted by Gasteiger charge is 2.19. The second-order valence-corrected chi connectivity index (χ2v) is 4.75.